The van der Waals surface area contributed by atoms with Crippen molar-refractivity contribution in [3.63, 3.8) is 0 Å². The Balaban J connectivity index is 1.91. The predicted molar refractivity (Wildman–Crippen MR) is 82.5 cm³/mol. The molecule has 0 unspecified atom stereocenters. The summed E-state index contributed by atoms with van der Waals surface area (Å²) in [5, 5.41) is 3.75. The Morgan fingerprint density at radius 2 is 2.23 bits per heavy atom. The summed E-state index contributed by atoms with van der Waals surface area (Å²) in [4.78, 5) is 15.0. The van der Waals surface area contributed by atoms with E-state index in [2.05, 4.69) is 9.59 Å². The van der Waals surface area contributed by atoms with Crippen LogP contribution in [0.4, 0.5) is 0 Å². The molecule has 1 fully saturated rings. The predicted octanol–water partition coefficient (Wildman–Crippen LogP) is 2.53. The summed E-state index contributed by atoms with van der Waals surface area (Å²) in [6, 6.07) is 5.73. The number of ether oxygens (including phenoxy) is 2. The molecule has 3 rings (SSSR count). The Morgan fingerprint density at radius 3 is 2.91 bits per heavy atom. The molecule has 2 aromatic rings. The number of benzene rings is 1. The van der Waals surface area contributed by atoms with Crippen LogP contribution in [0.15, 0.2) is 24.4 Å². The number of carbonyl (C=O) groups is 1. The van der Waals surface area contributed by atoms with Crippen molar-refractivity contribution < 1.29 is 14.3 Å². The second kappa shape index (κ2) is 6.31. The molecule has 0 saturated carbocycles. The Labute approximate surface area is 132 Å². The molecule has 0 radical (unpaired) electrons. The molecule has 116 valence electrons. The number of hydrogen-bond acceptors (Lipinski definition) is 6. The van der Waals surface area contributed by atoms with Gasteiger partial charge in [-0.1, -0.05) is 4.49 Å². The maximum absolute atomic E-state index is 12.6. The fourth-order valence-electron chi connectivity index (χ4n) is 2.83. The molecule has 2 heterocycles. The molecular formula is C15H17N3O3S. The molecule has 0 bridgehead atoms. The minimum Gasteiger partial charge on any atom is -0.497 e. The molecule has 1 aromatic carbocycles. The van der Waals surface area contributed by atoms with E-state index in [1.807, 2.05) is 23.1 Å². The highest BCUT2D eigenvalue weighted by Gasteiger charge is 2.33. The zero-order valence-corrected chi connectivity index (χ0v) is 13.3. The van der Waals surface area contributed by atoms with Gasteiger partial charge >= 0.3 is 0 Å². The quantitative estimate of drug-likeness (QED) is 0.866. The first-order valence-electron chi connectivity index (χ1n) is 7.05. The number of nitrogens with zero attached hydrogens (tertiary/aromatic N) is 3. The molecule has 0 aliphatic carbocycles. The van der Waals surface area contributed by atoms with Crippen LogP contribution in [-0.2, 0) is 0 Å². The maximum atomic E-state index is 12.6. The van der Waals surface area contributed by atoms with E-state index >= 15 is 0 Å². The normalized spacial score (nSPS) is 17.5. The van der Waals surface area contributed by atoms with Crippen LogP contribution in [0.5, 0.6) is 11.5 Å². The summed E-state index contributed by atoms with van der Waals surface area (Å²) in [5.41, 5.74) is 1.01. The summed E-state index contributed by atoms with van der Waals surface area (Å²) in [7, 11) is 3.25. The molecule has 1 saturated heterocycles. The van der Waals surface area contributed by atoms with Crippen LogP contribution in [0, 0.1) is 0 Å². The summed E-state index contributed by atoms with van der Waals surface area (Å²) in [6.07, 6.45) is 3.41. The molecule has 0 spiro atoms. The number of carbonyl (C=O) groups excluding carboxylic acids is 1. The highest BCUT2D eigenvalue weighted by atomic mass is 32.1. The van der Waals surface area contributed by atoms with E-state index in [9.17, 15) is 4.79 Å². The summed E-state index contributed by atoms with van der Waals surface area (Å²) < 4.78 is 14.5. The second-order valence-corrected chi connectivity index (χ2v) is 5.83. The van der Waals surface area contributed by atoms with Gasteiger partial charge in [-0.15, -0.1) is 5.10 Å². The highest BCUT2D eigenvalue weighted by molar-refractivity contribution is 7.07. The zero-order valence-electron chi connectivity index (χ0n) is 12.5. The van der Waals surface area contributed by atoms with Crippen LogP contribution in [-0.4, -0.2) is 41.2 Å². The van der Waals surface area contributed by atoms with Crippen molar-refractivity contribution >= 4 is 17.4 Å². The average Bonchev–Trinajstić information content (AvgIpc) is 3.24. The van der Waals surface area contributed by atoms with Gasteiger partial charge < -0.3 is 14.4 Å². The van der Waals surface area contributed by atoms with E-state index in [1.165, 1.54) is 6.20 Å². The molecule has 7 heteroatoms. The number of rotatable bonds is 4. The number of aromatic nitrogens is 2. The van der Waals surface area contributed by atoms with E-state index in [0.717, 1.165) is 48.0 Å². The Hall–Kier alpha value is -2.15. The summed E-state index contributed by atoms with van der Waals surface area (Å²) in [6.45, 7) is 0.733. The van der Waals surface area contributed by atoms with E-state index in [0.29, 0.717) is 4.88 Å². The number of amides is 1. The van der Waals surface area contributed by atoms with Crippen LogP contribution < -0.4 is 9.47 Å². The third kappa shape index (κ3) is 2.64. The van der Waals surface area contributed by atoms with Gasteiger partial charge in [0.2, 0.25) is 0 Å². The third-order valence-electron chi connectivity index (χ3n) is 3.89. The van der Waals surface area contributed by atoms with Crippen molar-refractivity contribution in [3.8, 4) is 11.5 Å². The molecule has 1 aromatic heterocycles. The van der Waals surface area contributed by atoms with Gasteiger partial charge in [0.05, 0.1) is 26.5 Å². The van der Waals surface area contributed by atoms with Crippen molar-refractivity contribution in [2.24, 2.45) is 0 Å². The average molecular weight is 319 g/mol. The topological polar surface area (TPSA) is 64.5 Å². The standard InChI is InChI=1S/C15H17N3O3S/c1-20-10-5-6-11(13(8-10)21-2)12-4-3-7-18(12)15(19)14-9-16-17-22-14/h5-6,8-9,12H,3-4,7H2,1-2H3/t12-/m0/s1. The van der Waals surface area contributed by atoms with Gasteiger partial charge in [-0.3, -0.25) is 4.79 Å². The van der Waals surface area contributed by atoms with Crippen LogP contribution in [0.1, 0.15) is 34.1 Å². The van der Waals surface area contributed by atoms with Crippen LogP contribution in [0.2, 0.25) is 0 Å². The molecule has 1 aliphatic heterocycles. The minimum atomic E-state index is -0.0182. The lowest BCUT2D eigenvalue weighted by molar-refractivity contribution is 0.0739. The second-order valence-electron chi connectivity index (χ2n) is 5.05. The van der Waals surface area contributed by atoms with E-state index in [1.54, 1.807) is 14.2 Å². The lowest BCUT2D eigenvalue weighted by Gasteiger charge is -2.26. The molecule has 1 amide bonds. The van der Waals surface area contributed by atoms with Gasteiger partial charge in [0.25, 0.3) is 5.91 Å². The van der Waals surface area contributed by atoms with Gasteiger partial charge in [0, 0.05) is 18.2 Å². The molecule has 0 N–H and O–H groups in total. The van der Waals surface area contributed by atoms with Gasteiger partial charge in [0.15, 0.2) is 0 Å². The van der Waals surface area contributed by atoms with Gasteiger partial charge in [-0.25, -0.2) is 0 Å². The van der Waals surface area contributed by atoms with E-state index in [-0.39, 0.29) is 11.9 Å². The fraction of sp³-hybridized carbons (Fsp3) is 0.400. The molecular weight excluding hydrogens is 302 g/mol. The maximum Gasteiger partial charge on any atom is 0.267 e. The minimum absolute atomic E-state index is 0.00968. The first-order valence-corrected chi connectivity index (χ1v) is 7.82. The van der Waals surface area contributed by atoms with Gasteiger partial charge in [-0.05, 0) is 36.5 Å². The van der Waals surface area contributed by atoms with Crippen molar-refractivity contribution in [3.05, 3.63) is 34.8 Å². The van der Waals surface area contributed by atoms with Crippen molar-refractivity contribution in [1.82, 2.24) is 14.5 Å². The van der Waals surface area contributed by atoms with Crippen molar-refractivity contribution in [2.75, 3.05) is 20.8 Å². The lowest BCUT2D eigenvalue weighted by Crippen LogP contribution is -2.30. The molecule has 1 aliphatic rings. The van der Waals surface area contributed by atoms with Crippen LogP contribution in [0.25, 0.3) is 0 Å². The smallest absolute Gasteiger partial charge is 0.267 e. The van der Waals surface area contributed by atoms with Crippen molar-refractivity contribution in [2.45, 2.75) is 18.9 Å². The van der Waals surface area contributed by atoms with Gasteiger partial charge in [0.1, 0.15) is 16.4 Å². The monoisotopic (exact) mass is 319 g/mol. The number of likely N-dealkylation sites (tertiary alicyclic amines) is 1. The Bertz CT molecular complexity index is 660. The third-order valence-corrected chi connectivity index (χ3v) is 4.54. The first kappa shape index (κ1) is 14.8. The van der Waals surface area contributed by atoms with Crippen molar-refractivity contribution in [1.29, 1.82) is 0 Å². The molecule has 22 heavy (non-hydrogen) atoms. The molecule has 1 atom stereocenters. The zero-order chi connectivity index (χ0) is 15.5. The highest BCUT2D eigenvalue weighted by Crippen LogP contribution is 2.39. The van der Waals surface area contributed by atoms with E-state index in [4.69, 9.17) is 9.47 Å². The largest absolute Gasteiger partial charge is 0.497 e. The first-order chi connectivity index (χ1) is 10.7. The molecule has 6 nitrogen and oxygen atoms in total. The summed E-state index contributed by atoms with van der Waals surface area (Å²) in [5.74, 6) is 1.46. The number of methoxy groups -OCH3 is 2. The van der Waals surface area contributed by atoms with Gasteiger partial charge in [-0.2, -0.15) is 0 Å². The Morgan fingerprint density at radius 1 is 1.36 bits per heavy atom. The fourth-order valence-corrected chi connectivity index (χ4v) is 3.30. The summed E-state index contributed by atoms with van der Waals surface area (Å²) >= 11 is 1.13. The van der Waals surface area contributed by atoms with E-state index < -0.39 is 0 Å². The van der Waals surface area contributed by atoms with Crippen LogP contribution >= 0.6 is 11.5 Å². The van der Waals surface area contributed by atoms with Crippen LogP contribution in [0.3, 0.4) is 0 Å². The number of hydrogen-bond donors (Lipinski definition) is 0. The SMILES string of the molecule is COc1ccc([C@@H]2CCCN2C(=O)c2cnns2)c(OC)c1. The Kier molecular flexibility index (Phi) is 4.24. The lowest BCUT2D eigenvalue weighted by atomic mass is 10.0.